The number of hydrogen-bond donors (Lipinski definition) is 0. The zero-order valence-electron chi connectivity index (χ0n) is 18.2. The zero-order chi connectivity index (χ0) is 19.7. The highest BCUT2D eigenvalue weighted by atomic mass is 14.0. The lowest BCUT2D eigenvalue weighted by molar-refractivity contribution is 0.533. The highest BCUT2D eigenvalue weighted by Crippen LogP contribution is 2.13. The fourth-order valence-electron chi connectivity index (χ4n) is 3.21. The third kappa shape index (κ3) is 24.7. The molecule has 0 heterocycles. The summed E-state index contributed by atoms with van der Waals surface area (Å²) < 4.78 is 0. The van der Waals surface area contributed by atoms with Crippen molar-refractivity contribution in [1.82, 2.24) is 0 Å². The summed E-state index contributed by atoms with van der Waals surface area (Å²) >= 11 is 0. The molecule has 0 aliphatic rings. The highest BCUT2D eigenvalue weighted by Gasteiger charge is 1.94. The summed E-state index contributed by atoms with van der Waals surface area (Å²) in [5.74, 6) is 0. The van der Waals surface area contributed by atoms with Crippen molar-refractivity contribution in [1.29, 1.82) is 0 Å². The molecule has 27 heavy (non-hydrogen) atoms. The van der Waals surface area contributed by atoms with Crippen molar-refractivity contribution in [2.45, 2.75) is 110 Å². The maximum atomic E-state index is 3.64. The minimum absolute atomic E-state index is 1.21. The first kappa shape index (κ1) is 25.7. The van der Waals surface area contributed by atoms with Crippen LogP contribution in [0.15, 0.2) is 61.3 Å². The first-order valence-corrected chi connectivity index (χ1v) is 11.7. The minimum atomic E-state index is 1.21. The zero-order valence-corrected chi connectivity index (χ0v) is 18.2. The van der Waals surface area contributed by atoms with Gasteiger partial charge >= 0.3 is 0 Å². The largest absolute Gasteiger partial charge is 0.0991 e. The number of allylic oxidation sites excluding steroid dienone is 9. The molecule has 0 aromatic carbocycles. The van der Waals surface area contributed by atoms with Gasteiger partial charge in [-0.25, -0.2) is 0 Å². The van der Waals surface area contributed by atoms with E-state index in [1.807, 2.05) is 24.3 Å². The molecule has 0 unspecified atom stereocenters. The van der Waals surface area contributed by atoms with Gasteiger partial charge in [-0.2, -0.15) is 0 Å². The summed E-state index contributed by atoms with van der Waals surface area (Å²) in [6.45, 7) is 5.93. The van der Waals surface area contributed by atoms with Crippen molar-refractivity contribution in [2.24, 2.45) is 0 Å². The molecule has 0 fully saturated rings. The molecule has 0 bridgehead atoms. The van der Waals surface area contributed by atoms with E-state index in [1.54, 1.807) is 6.08 Å². The van der Waals surface area contributed by atoms with Crippen LogP contribution in [0.5, 0.6) is 0 Å². The van der Waals surface area contributed by atoms with Crippen molar-refractivity contribution in [3.8, 4) is 0 Å². The maximum Gasteiger partial charge on any atom is -0.0348 e. The third-order valence-corrected chi connectivity index (χ3v) is 4.91. The molecule has 0 saturated heterocycles. The lowest BCUT2D eigenvalue weighted by atomic mass is 10.0. The topological polar surface area (TPSA) is 0 Å². The number of hydrogen-bond acceptors (Lipinski definition) is 0. The molecule has 0 spiro atoms. The number of rotatable bonds is 20. The lowest BCUT2D eigenvalue weighted by Gasteiger charge is -2.03. The maximum absolute atomic E-state index is 3.64. The van der Waals surface area contributed by atoms with Crippen LogP contribution in [-0.2, 0) is 0 Å². The van der Waals surface area contributed by atoms with E-state index in [0.717, 1.165) is 0 Å². The quantitative estimate of drug-likeness (QED) is 0.148. The SMILES string of the molecule is C=CC=CC=CC=CC=CCCCCCCCCCCCCCCCCC. The van der Waals surface area contributed by atoms with Crippen LogP contribution in [-0.4, -0.2) is 0 Å². The average molecular weight is 371 g/mol. The molecule has 0 saturated carbocycles. The Morgan fingerprint density at radius 1 is 0.444 bits per heavy atom. The molecule has 0 atom stereocenters. The first-order chi connectivity index (χ1) is 13.4. The molecule has 154 valence electrons. The Morgan fingerprint density at radius 3 is 1.26 bits per heavy atom. The second kappa shape index (κ2) is 24.7. The van der Waals surface area contributed by atoms with Crippen LogP contribution < -0.4 is 0 Å². The minimum Gasteiger partial charge on any atom is -0.0991 e. The normalized spacial score (nSPS) is 12.3. The van der Waals surface area contributed by atoms with E-state index in [9.17, 15) is 0 Å². The molecule has 0 aliphatic carbocycles. The molecule has 0 nitrogen and oxygen atoms in total. The summed E-state index contributed by atoms with van der Waals surface area (Å²) in [4.78, 5) is 0. The third-order valence-electron chi connectivity index (χ3n) is 4.91. The molecule has 0 aromatic rings. The van der Waals surface area contributed by atoms with Gasteiger partial charge in [0.05, 0.1) is 0 Å². The summed E-state index contributed by atoms with van der Waals surface area (Å²) in [6.07, 6.45) is 41.1. The molecular weight excluding hydrogens is 324 g/mol. The predicted octanol–water partition coefficient (Wildman–Crippen LogP) is 9.66. The molecule has 0 aromatic heterocycles. The number of unbranched alkanes of at least 4 members (excludes halogenated alkanes) is 15. The van der Waals surface area contributed by atoms with E-state index in [-0.39, 0.29) is 0 Å². The van der Waals surface area contributed by atoms with Crippen LogP contribution >= 0.6 is 0 Å². The van der Waals surface area contributed by atoms with E-state index in [0.29, 0.717) is 0 Å². The van der Waals surface area contributed by atoms with E-state index in [1.165, 1.54) is 103 Å². The van der Waals surface area contributed by atoms with Gasteiger partial charge < -0.3 is 0 Å². The molecule has 0 radical (unpaired) electrons. The Hall–Kier alpha value is -1.30. The lowest BCUT2D eigenvalue weighted by Crippen LogP contribution is -1.83. The monoisotopic (exact) mass is 370 g/mol. The summed E-state index contributed by atoms with van der Waals surface area (Å²) in [5.41, 5.74) is 0. The Labute approximate surface area is 171 Å². The van der Waals surface area contributed by atoms with E-state index in [2.05, 4.69) is 37.8 Å². The average Bonchev–Trinajstić information content (AvgIpc) is 2.68. The van der Waals surface area contributed by atoms with Crippen molar-refractivity contribution in [2.75, 3.05) is 0 Å². The summed E-state index contributed by atoms with van der Waals surface area (Å²) in [7, 11) is 0. The van der Waals surface area contributed by atoms with Crippen molar-refractivity contribution in [3.63, 3.8) is 0 Å². The van der Waals surface area contributed by atoms with Crippen LogP contribution in [0, 0.1) is 0 Å². The fourth-order valence-corrected chi connectivity index (χ4v) is 3.21. The molecule has 0 rings (SSSR count). The Morgan fingerprint density at radius 2 is 0.815 bits per heavy atom. The van der Waals surface area contributed by atoms with E-state index >= 15 is 0 Å². The van der Waals surface area contributed by atoms with Gasteiger partial charge in [0.2, 0.25) is 0 Å². The fraction of sp³-hybridized carbons (Fsp3) is 0.630. The standard InChI is InChI=1S/C27H46/c1-3-5-7-9-11-13-15-17-19-21-23-25-27-26-24-22-20-18-16-14-12-10-8-6-4-2/h3,5,7,9,11,13,15,17,19H,1,4,6,8,10,12,14,16,18,20-27H2,2H3. The summed E-state index contributed by atoms with van der Waals surface area (Å²) in [5, 5.41) is 0. The Balaban J connectivity index is 3.19. The van der Waals surface area contributed by atoms with Crippen LogP contribution in [0.4, 0.5) is 0 Å². The summed E-state index contributed by atoms with van der Waals surface area (Å²) in [6, 6.07) is 0. The van der Waals surface area contributed by atoms with Crippen LogP contribution in [0.2, 0.25) is 0 Å². The Kier molecular flexibility index (Phi) is 23.5. The second-order valence-corrected chi connectivity index (χ2v) is 7.56. The smallest absolute Gasteiger partial charge is 0.0348 e. The van der Waals surface area contributed by atoms with Crippen molar-refractivity contribution in [3.05, 3.63) is 61.3 Å². The highest BCUT2D eigenvalue weighted by molar-refractivity contribution is 5.17. The van der Waals surface area contributed by atoms with Gasteiger partial charge in [0.25, 0.3) is 0 Å². The predicted molar refractivity (Wildman–Crippen MR) is 126 cm³/mol. The Bertz CT molecular complexity index is 394. The molecular formula is C27H46. The van der Waals surface area contributed by atoms with Gasteiger partial charge in [-0.1, -0.05) is 158 Å². The molecule has 0 aliphatic heterocycles. The van der Waals surface area contributed by atoms with Crippen molar-refractivity contribution < 1.29 is 0 Å². The molecule has 0 N–H and O–H groups in total. The van der Waals surface area contributed by atoms with E-state index in [4.69, 9.17) is 0 Å². The molecule has 0 heteroatoms. The first-order valence-electron chi connectivity index (χ1n) is 11.7. The van der Waals surface area contributed by atoms with Gasteiger partial charge in [0.15, 0.2) is 0 Å². The van der Waals surface area contributed by atoms with Crippen LogP contribution in [0.3, 0.4) is 0 Å². The van der Waals surface area contributed by atoms with Crippen LogP contribution in [0.25, 0.3) is 0 Å². The molecule has 0 amide bonds. The van der Waals surface area contributed by atoms with Gasteiger partial charge in [-0.15, -0.1) is 0 Å². The van der Waals surface area contributed by atoms with Crippen molar-refractivity contribution >= 4 is 0 Å². The van der Waals surface area contributed by atoms with Gasteiger partial charge in [0, 0.05) is 0 Å². The van der Waals surface area contributed by atoms with Gasteiger partial charge in [-0.05, 0) is 12.8 Å². The van der Waals surface area contributed by atoms with Gasteiger partial charge in [-0.3, -0.25) is 0 Å². The van der Waals surface area contributed by atoms with Crippen LogP contribution in [0.1, 0.15) is 110 Å². The second-order valence-electron chi connectivity index (χ2n) is 7.56. The van der Waals surface area contributed by atoms with Gasteiger partial charge in [0.1, 0.15) is 0 Å². The van der Waals surface area contributed by atoms with E-state index < -0.39 is 0 Å².